The molecule has 1 amide bonds. The van der Waals surface area contributed by atoms with Crippen molar-refractivity contribution in [3.05, 3.63) is 72.7 Å². The Kier molecular flexibility index (Phi) is 5.77. The number of aromatic nitrogens is 3. The van der Waals surface area contributed by atoms with Gasteiger partial charge in [0.05, 0.1) is 22.5 Å². The fourth-order valence-corrected chi connectivity index (χ4v) is 4.79. The molecule has 2 aromatic carbocycles. The Morgan fingerprint density at radius 2 is 1.78 bits per heavy atom. The van der Waals surface area contributed by atoms with Gasteiger partial charge < -0.3 is 14.8 Å². The molecule has 2 aromatic heterocycles. The van der Waals surface area contributed by atoms with E-state index in [2.05, 4.69) is 15.0 Å². The molecule has 5 rings (SSSR count). The Morgan fingerprint density at radius 3 is 2.59 bits per heavy atom. The molecule has 1 aliphatic heterocycles. The van der Waals surface area contributed by atoms with Gasteiger partial charge >= 0.3 is 0 Å². The van der Waals surface area contributed by atoms with Crippen LogP contribution in [0.15, 0.2) is 71.9 Å². The SMILES string of the molecule is O=C(CSc1ncccc1-c1nc2ccccc2[nH]1)N1CCN(c2ccccc2F)CC1. The monoisotopic (exact) mass is 447 g/mol. The Labute approximate surface area is 189 Å². The van der Waals surface area contributed by atoms with E-state index in [0.29, 0.717) is 37.6 Å². The number of hydrogen-bond acceptors (Lipinski definition) is 5. The molecule has 162 valence electrons. The maximum Gasteiger partial charge on any atom is 0.233 e. The van der Waals surface area contributed by atoms with Crippen LogP contribution < -0.4 is 4.90 Å². The maximum absolute atomic E-state index is 14.0. The van der Waals surface area contributed by atoms with Gasteiger partial charge in [0.1, 0.15) is 16.7 Å². The van der Waals surface area contributed by atoms with Crippen LogP contribution in [0, 0.1) is 5.82 Å². The van der Waals surface area contributed by atoms with E-state index >= 15 is 0 Å². The first-order valence-electron chi connectivity index (χ1n) is 10.5. The highest BCUT2D eigenvalue weighted by Crippen LogP contribution is 2.29. The second kappa shape index (κ2) is 9.00. The summed E-state index contributed by atoms with van der Waals surface area (Å²) in [5, 5.41) is 0.768. The normalized spacial score (nSPS) is 14.2. The van der Waals surface area contributed by atoms with Gasteiger partial charge in [-0.05, 0) is 36.4 Å². The van der Waals surface area contributed by atoms with Crippen molar-refractivity contribution in [2.45, 2.75) is 5.03 Å². The molecule has 0 spiro atoms. The van der Waals surface area contributed by atoms with Gasteiger partial charge in [-0.25, -0.2) is 14.4 Å². The van der Waals surface area contributed by atoms with Crippen LogP contribution in [0.25, 0.3) is 22.4 Å². The molecule has 1 fully saturated rings. The second-order valence-electron chi connectivity index (χ2n) is 7.57. The predicted octanol–water partition coefficient (Wildman–Crippen LogP) is 4.20. The van der Waals surface area contributed by atoms with Gasteiger partial charge in [-0.2, -0.15) is 0 Å². The third-order valence-electron chi connectivity index (χ3n) is 5.57. The summed E-state index contributed by atoms with van der Waals surface area (Å²) in [7, 11) is 0. The molecule has 8 heteroatoms. The molecule has 32 heavy (non-hydrogen) atoms. The van der Waals surface area contributed by atoms with Crippen molar-refractivity contribution in [3.8, 4) is 11.4 Å². The van der Waals surface area contributed by atoms with E-state index in [0.717, 1.165) is 27.4 Å². The lowest BCUT2D eigenvalue weighted by atomic mass is 10.2. The van der Waals surface area contributed by atoms with Crippen molar-refractivity contribution in [2.24, 2.45) is 0 Å². The minimum atomic E-state index is -0.226. The lowest BCUT2D eigenvalue weighted by Gasteiger charge is -2.36. The first-order valence-corrected chi connectivity index (χ1v) is 11.5. The zero-order valence-electron chi connectivity index (χ0n) is 17.4. The molecular formula is C24H22FN5OS. The zero-order chi connectivity index (χ0) is 21.9. The molecule has 0 bridgehead atoms. The molecule has 1 N–H and O–H groups in total. The topological polar surface area (TPSA) is 65.1 Å². The van der Waals surface area contributed by atoms with Crippen molar-refractivity contribution >= 4 is 34.4 Å². The molecule has 1 aliphatic rings. The minimum Gasteiger partial charge on any atom is -0.366 e. The summed E-state index contributed by atoms with van der Waals surface area (Å²) >= 11 is 1.42. The number of piperazine rings is 1. The van der Waals surface area contributed by atoms with E-state index in [-0.39, 0.29) is 11.7 Å². The fourth-order valence-electron chi connectivity index (χ4n) is 3.89. The van der Waals surface area contributed by atoms with Gasteiger partial charge in [-0.15, -0.1) is 0 Å². The van der Waals surface area contributed by atoms with E-state index in [1.165, 1.54) is 17.8 Å². The number of H-pyrrole nitrogens is 1. The van der Waals surface area contributed by atoms with Gasteiger partial charge in [0.15, 0.2) is 0 Å². The van der Waals surface area contributed by atoms with Crippen LogP contribution in [0.4, 0.5) is 10.1 Å². The van der Waals surface area contributed by atoms with Gasteiger partial charge in [0, 0.05) is 37.9 Å². The number of fused-ring (bicyclic) bond motifs is 1. The number of rotatable bonds is 5. The predicted molar refractivity (Wildman–Crippen MR) is 125 cm³/mol. The molecule has 6 nitrogen and oxygen atoms in total. The number of nitrogens with one attached hydrogen (secondary N) is 1. The quantitative estimate of drug-likeness (QED) is 0.465. The molecule has 1 saturated heterocycles. The standard InChI is InChI=1S/C24H22FN5OS/c25-18-7-1-4-10-21(18)29-12-14-30(15-13-29)22(31)16-32-24-17(6-5-11-26-24)23-27-19-8-2-3-9-20(19)28-23/h1-11H,12-16H2,(H,27,28). The van der Waals surface area contributed by atoms with Crippen molar-refractivity contribution in [1.82, 2.24) is 19.9 Å². The number of nitrogens with zero attached hydrogens (tertiary/aromatic N) is 4. The number of imidazole rings is 1. The first kappa shape index (κ1) is 20.5. The van der Waals surface area contributed by atoms with E-state index in [1.54, 1.807) is 18.3 Å². The number of thioether (sulfide) groups is 1. The second-order valence-corrected chi connectivity index (χ2v) is 8.53. The van der Waals surface area contributed by atoms with Gasteiger partial charge in [0.25, 0.3) is 0 Å². The number of halogens is 1. The van der Waals surface area contributed by atoms with Crippen LogP contribution in [-0.4, -0.2) is 57.7 Å². The van der Waals surface area contributed by atoms with E-state index in [4.69, 9.17) is 0 Å². The van der Waals surface area contributed by atoms with Crippen molar-refractivity contribution < 1.29 is 9.18 Å². The van der Waals surface area contributed by atoms with Crippen molar-refractivity contribution in [2.75, 3.05) is 36.8 Å². The van der Waals surface area contributed by atoms with Crippen LogP contribution >= 0.6 is 11.8 Å². The number of hydrogen-bond donors (Lipinski definition) is 1. The van der Waals surface area contributed by atoms with Crippen LogP contribution in [0.2, 0.25) is 0 Å². The summed E-state index contributed by atoms with van der Waals surface area (Å²) < 4.78 is 14.0. The van der Waals surface area contributed by atoms with Crippen molar-refractivity contribution in [3.63, 3.8) is 0 Å². The zero-order valence-corrected chi connectivity index (χ0v) is 18.2. The van der Waals surface area contributed by atoms with E-state index in [1.807, 2.05) is 52.3 Å². The summed E-state index contributed by atoms with van der Waals surface area (Å²) in [6.45, 7) is 2.38. The first-order chi connectivity index (χ1) is 15.7. The number of pyridine rings is 1. The maximum atomic E-state index is 14.0. The summed E-state index contributed by atoms with van der Waals surface area (Å²) in [6.07, 6.45) is 1.73. The number of anilines is 1. The molecule has 0 radical (unpaired) electrons. The number of amides is 1. The smallest absolute Gasteiger partial charge is 0.233 e. The molecule has 3 heterocycles. The highest BCUT2D eigenvalue weighted by Gasteiger charge is 2.23. The number of carbonyl (C=O) groups is 1. The van der Waals surface area contributed by atoms with E-state index in [9.17, 15) is 9.18 Å². The Bertz CT molecular complexity index is 1220. The number of para-hydroxylation sites is 3. The summed E-state index contributed by atoms with van der Waals surface area (Å²) in [6, 6.07) is 18.5. The largest absolute Gasteiger partial charge is 0.366 e. The van der Waals surface area contributed by atoms with Crippen LogP contribution in [0.1, 0.15) is 0 Å². The summed E-state index contributed by atoms with van der Waals surface area (Å²) in [5.41, 5.74) is 3.33. The Hall–Kier alpha value is -3.39. The average molecular weight is 448 g/mol. The average Bonchev–Trinajstić information content (AvgIpc) is 3.27. The minimum absolute atomic E-state index is 0.0596. The fraction of sp³-hybridized carbons (Fsp3) is 0.208. The molecule has 0 saturated carbocycles. The highest BCUT2D eigenvalue weighted by molar-refractivity contribution is 8.00. The van der Waals surface area contributed by atoms with Gasteiger partial charge in [-0.1, -0.05) is 36.0 Å². The molecular weight excluding hydrogens is 425 g/mol. The van der Waals surface area contributed by atoms with Crippen LogP contribution in [-0.2, 0) is 4.79 Å². The summed E-state index contributed by atoms with van der Waals surface area (Å²) in [5.74, 6) is 0.873. The molecule has 4 aromatic rings. The molecule has 0 aliphatic carbocycles. The third-order valence-corrected chi connectivity index (χ3v) is 6.56. The number of benzene rings is 2. The Morgan fingerprint density at radius 1 is 1.00 bits per heavy atom. The molecule has 0 unspecified atom stereocenters. The van der Waals surface area contributed by atoms with E-state index < -0.39 is 0 Å². The lowest BCUT2D eigenvalue weighted by molar-refractivity contribution is -0.128. The third kappa shape index (κ3) is 4.18. The highest BCUT2D eigenvalue weighted by atomic mass is 32.2. The number of carbonyl (C=O) groups excluding carboxylic acids is 1. The van der Waals surface area contributed by atoms with Gasteiger partial charge in [-0.3, -0.25) is 4.79 Å². The molecule has 0 atom stereocenters. The lowest BCUT2D eigenvalue weighted by Crippen LogP contribution is -2.49. The van der Waals surface area contributed by atoms with Crippen LogP contribution in [0.3, 0.4) is 0 Å². The van der Waals surface area contributed by atoms with Gasteiger partial charge in [0.2, 0.25) is 5.91 Å². The summed E-state index contributed by atoms with van der Waals surface area (Å²) in [4.78, 5) is 29.1. The Balaban J connectivity index is 1.23. The number of aromatic amines is 1. The van der Waals surface area contributed by atoms with Crippen molar-refractivity contribution in [1.29, 1.82) is 0 Å². The van der Waals surface area contributed by atoms with Crippen LogP contribution in [0.5, 0.6) is 0 Å².